The zero-order valence-corrected chi connectivity index (χ0v) is 13.5. The molecular weight excluding hydrogens is 310 g/mol. The van der Waals surface area contributed by atoms with Gasteiger partial charge < -0.3 is 5.32 Å². The van der Waals surface area contributed by atoms with Crippen molar-refractivity contribution < 1.29 is 4.79 Å². The molecule has 2 aromatic heterocycles. The predicted molar refractivity (Wildman–Crippen MR) is 90.1 cm³/mol. The van der Waals surface area contributed by atoms with E-state index in [0.717, 1.165) is 10.7 Å². The number of amides is 1. The Bertz CT molecular complexity index is 811. The van der Waals surface area contributed by atoms with Crippen LogP contribution >= 0.6 is 11.8 Å². The maximum absolute atomic E-state index is 12.2. The van der Waals surface area contributed by atoms with E-state index in [-0.39, 0.29) is 5.91 Å². The summed E-state index contributed by atoms with van der Waals surface area (Å²) in [5.74, 6) is 1.13. The Labute approximate surface area is 138 Å². The summed E-state index contributed by atoms with van der Waals surface area (Å²) < 4.78 is 1.77. The van der Waals surface area contributed by atoms with Gasteiger partial charge >= 0.3 is 0 Å². The molecular formula is C16H15N5OS. The molecule has 0 atom stereocenters. The average Bonchev–Trinajstić information content (AvgIpc) is 3.01. The van der Waals surface area contributed by atoms with Crippen LogP contribution in [-0.2, 0) is 0 Å². The highest BCUT2D eigenvalue weighted by molar-refractivity contribution is 7.98. The van der Waals surface area contributed by atoms with E-state index < -0.39 is 0 Å². The molecule has 7 heteroatoms. The molecule has 0 bridgehead atoms. The molecule has 3 rings (SSSR count). The Balaban J connectivity index is 1.72. The fraction of sp³-hybridized carbons (Fsp3) is 0.125. The van der Waals surface area contributed by atoms with Gasteiger partial charge in [0.05, 0.1) is 18.1 Å². The van der Waals surface area contributed by atoms with Crippen LogP contribution < -0.4 is 5.32 Å². The van der Waals surface area contributed by atoms with E-state index in [9.17, 15) is 4.79 Å². The summed E-state index contributed by atoms with van der Waals surface area (Å²) in [5, 5.41) is 2.79. The van der Waals surface area contributed by atoms with Crippen LogP contribution in [0.25, 0.3) is 5.95 Å². The zero-order chi connectivity index (χ0) is 16.2. The Kier molecular flexibility index (Phi) is 4.38. The van der Waals surface area contributed by atoms with Gasteiger partial charge in [-0.2, -0.15) is 0 Å². The van der Waals surface area contributed by atoms with Crippen LogP contribution in [0, 0.1) is 6.92 Å². The van der Waals surface area contributed by atoms with Gasteiger partial charge in [0.1, 0.15) is 5.82 Å². The van der Waals surface area contributed by atoms with Crippen LogP contribution in [0.5, 0.6) is 0 Å². The van der Waals surface area contributed by atoms with Gasteiger partial charge in [-0.1, -0.05) is 0 Å². The number of hydrogen-bond acceptors (Lipinski definition) is 5. The van der Waals surface area contributed by atoms with E-state index in [1.165, 1.54) is 0 Å². The number of carbonyl (C=O) groups excluding carboxylic acids is 1. The van der Waals surface area contributed by atoms with Crippen LogP contribution in [0.3, 0.4) is 0 Å². The van der Waals surface area contributed by atoms with Crippen molar-refractivity contribution in [3.8, 4) is 5.95 Å². The number of nitrogens with zero attached hydrogens (tertiary/aromatic N) is 4. The summed E-state index contributed by atoms with van der Waals surface area (Å²) in [7, 11) is 0. The van der Waals surface area contributed by atoms with Gasteiger partial charge in [0.15, 0.2) is 0 Å². The number of aromatic nitrogens is 4. The lowest BCUT2D eigenvalue weighted by atomic mass is 10.2. The van der Waals surface area contributed by atoms with Gasteiger partial charge in [-0.05, 0) is 37.4 Å². The molecule has 1 amide bonds. The number of benzene rings is 1. The third-order valence-electron chi connectivity index (χ3n) is 3.29. The van der Waals surface area contributed by atoms with E-state index >= 15 is 0 Å². The number of anilines is 1. The third-order valence-corrected chi connectivity index (χ3v) is 4.03. The molecule has 1 N–H and O–H groups in total. The number of carbonyl (C=O) groups is 1. The van der Waals surface area contributed by atoms with E-state index in [0.29, 0.717) is 17.2 Å². The van der Waals surface area contributed by atoms with Crippen molar-refractivity contribution in [3.63, 3.8) is 0 Å². The molecule has 23 heavy (non-hydrogen) atoms. The second-order valence-electron chi connectivity index (χ2n) is 4.80. The number of nitrogens with one attached hydrogen (secondary N) is 1. The third kappa shape index (κ3) is 3.40. The highest BCUT2D eigenvalue weighted by Crippen LogP contribution is 2.16. The van der Waals surface area contributed by atoms with E-state index in [2.05, 4.69) is 20.3 Å². The first-order chi connectivity index (χ1) is 11.2. The van der Waals surface area contributed by atoms with Gasteiger partial charge in [0.2, 0.25) is 5.95 Å². The lowest BCUT2D eigenvalue weighted by Gasteiger charge is -2.07. The van der Waals surface area contributed by atoms with Crippen LogP contribution in [0.15, 0.2) is 53.9 Å². The molecule has 0 saturated heterocycles. The smallest absolute Gasteiger partial charge is 0.255 e. The van der Waals surface area contributed by atoms with Crippen molar-refractivity contribution in [1.82, 2.24) is 19.5 Å². The molecule has 2 heterocycles. The molecule has 0 fully saturated rings. The summed E-state index contributed by atoms with van der Waals surface area (Å²) in [6, 6.07) is 7.43. The fourth-order valence-corrected chi connectivity index (χ4v) is 2.45. The van der Waals surface area contributed by atoms with Crippen molar-refractivity contribution in [2.45, 2.75) is 11.8 Å². The number of imidazole rings is 1. The van der Waals surface area contributed by atoms with Crippen LogP contribution in [0.1, 0.15) is 16.2 Å². The first-order valence-corrected chi connectivity index (χ1v) is 8.17. The highest BCUT2D eigenvalue weighted by Gasteiger charge is 2.08. The first-order valence-electron chi connectivity index (χ1n) is 6.95. The van der Waals surface area contributed by atoms with Gasteiger partial charge in [0.25, 0.3) is 5.91 Å². The Morgan fingerprint density at radius 1 is 1.13 bits per heavy atom. The summed E-state index contributed by atoms with van der Waals surface area (Å²) >= 11 is 1.64. The SMILES string of the molecule is CSc1ccc(C(=O)Nc2cnc(-n3ccnc3C)nc2)cc1. The molecule has 0 saturated carbocycles. The van der Waals surface area contributed by atoms with Gasteiger partial charge in [-0.3, -0.25) is 9.36 Å². The fourth-order valence-electron chi connectivity index (χ4n) is 2.05. The number of thioether (sulfide) groups is 1. The van der Waals surface area contributed by atoms with Crippen molar-refractivity contribution in [2.75, 3.05) is 11.6 Å². The standard InChI is InChI=1S/C16H15N5OS/c1-11-17-7-8-21(11)16-18-9-13(10-19-16)20-15(22)12-3-5-14(23-2)6-4-12/h3-10H,1-2H3,(H,20,22). The summed E-state index contributed by atoms with van der Waals surface area (Å²) in [4.78, 5) is 25.9. The zero-order valence-electron chi connectivity index (χ0n) is 12.7. The summed E-state index contributed by atoms with van der Waals surface area (Å²) in [6.45, 7) is 1.87. The quantitative estimate of drug-likeness (QED) is 0.747. The van der Waals surface area contributed by atoms with Gasteiger partial charge in [-0.25, -0.2) is 15.0 Å². The number of rotatable bonds is 4. The van der Waals surface area contributed by atoms with Crippen molar-refractivity contribution in [1.29, 1.82) is 0 Å². The number of hydrogen-bond donors (Lipinski definition) is 1. The highest BCUT2D eigenvalue weighted by atomic mass is 32.2. The predicted octanol–water partition coefficient (Wildman–Crippen LogP) is 2.94. The van der Waals surface area contributed by atoms with Crippen molar-refractivity contribution >= 4 is 23.4 Å². The Morgan fingerprint density at radius 2 is 1.83 bits per heavy atom. The number of aryl methyl sites for hydroxylation is 1. The minimum atomic E-state index is -0.187. The topological polar surface area (TPSA) is 72.7 Å². The maximum Gasteiger partial charge on any atom is 0.255 e. The van der Waals surface area contributed by atoms with E-state index in [1.54, 1.807) is 53.2 Å². The van der Waals surface area contributed by atoms with Crippen molar-refractivity contribution in [3.05, 3.63) is 60.4 Å². The van der Waals surface area contributed by atoms with Crippen LogP contribution in [0.2, 0.25) is 0 Å². The molecule has 3 aromatic rings. The average molecular weight is 325 g/mol. The van der Waals surface area contributed by atoms with Crippen LogP contribution in [-0.4, -0.2) is 31.7 Å². The molecule has 0 aliphatic rings. The second kappa shape index (κ2) is 6.62. The first kappa shape index (κ1) is 15.2. The van der Waals surface area contributed by atoms with Gasteiger partial charge in [0, 0.05) is 22.9 Å². The van der Waals surface area contributed by atoms with E-state index in [4.69, 9.17) is 0 Å². The molecule has 1 aromatic carbocycles. The van der Waals surface area contributed by atoms with E-state index in [1.807, 2.05) is 25.3 Å². The normalized spacial score (nSPS) is 10.5. The Morgan fingerprint density at radius 3 is 2.39 bits per heavy atom. The largest absolute Gasteiger partial charge is 0.319 e. The molecule has 0 unspecified atom stereocenters. The lowest BCUT2D eigenvalue weighted by Crippen LogP contribution is -2.12. The molecule has 0 aliphatic heterocycles. The second-order valence-corrected chi connectivity index (χ2v) is 5.68. The molecule has 6 nitrogen and oxygen atoms in total. The minimum Gasteiger partial charge on any atom is -0.319 e. The summed E-state index contributed by atoms with van der Waals surface area (Å²) in [6.07, 6.45) is 8.63. The molecule has 0 aliphatic carbocycles. The Hall–Kier alpha value is -2.67. The molecule has 0 radical (unpaired) electrons. The maximum atomic E-state index is 12.2. The van der Waals surface area contributed by atoms with Crippen molar-refractivity contribution in [2.24, 2.45) is 0 Å². The molecule has 0 spiro atoms. The summed E-state index contributed by atoms with van der Waals surface area (Å²) in [5.41, 5.74) is 1.14. The van der Waals surface area contributed by atoms with Gasteiger partial charge in [-0.15, -0.1) is 11.8 Å². The molecule has 116 valence electrons. The monoisotopic (exact) mass is 325 g/mol. The van der Waals surface area contributed by atoms with Crippen LogP contribution in [0.4, 0.5) is 5.69 Å². The minimum absolute atomic E-state index is 0.187. The lowest BCUT2D eigenvalue weighted by molar-refractivity contribution is 0.102.